The molecule has 1 aliphatic heterocycles. The van der Waals surface area contributed by atoms with Crippen molar-refractivity contribution in [1.29, 1.82) is 0 Å². The molecule has 0 spiro atoms. The summed E-state index contributed by atoms with van der Waals surface area (Å²) < 4.78 is 33.1. The van der Waals surface area contributed by atoms with Crippen LogP contribution in [-0.2, 0) is 21.2 Å². The average molecular weight is 277 g/mol. The van der Waals surface area contributed by atoms with Gasteiger partial charge in [0.25, 0.3) is 0 Å². The topological polar surface area (TPSA) is 52.6 Å². The molecule has 1 aromatic rings. The van der Waals surface area contributed by atoms with E-state index in [4.69, 9.17) is 20.2 Å². The van der Waals surface area contributed by atoms with Crippen molar-refractivity contribution in [2.24, 2.45) is 0 Å². The van der Waals surface area contributed by atoms with Gasteiger partial charge in [-0.1, -0.05) is 6.92 Å². The zero-order valence-corrected chi connectivity index (χ0v) is 11.0. The van der Waals surface area contributed by atoms with Crippen molar-refractivity contribution in [3.05, 3.63) is 23.3 Å². The summed E-state index contributed by atoms with van der Waals surface area (Å²) in [4.78, 5) is 0. The average Bonchev–Trinajstić information content (AvgIpc) is 2.26. The van der Waals surface area contributed by atoms with Crippen LogP contribution in [0.1, 0.15) is 18.1 Å². The SMILES string of the molecule is CCc1cc2c(cc1CS(=O)(=O)Cl)OCCO2. The summed E-state index contributed by atoms with van der Waals surface area (Å²) >= 11 is 0. The van der Waals surface area contributed by atoms with Gasteiger partial charge in [-0.15, -0.1) is 0 Å². The largest absolute Gasteiger partial charge is 0.486 e. The van der Waals surface area contributed by atoms with Crippen LogP contribution in [0.15, 0.2) is 12.1 Å². The lowest BCUT2D eigenvalue weighted by molar-refractivity contribution is 0.171. The molecule has 0 radical (unpaired) electrons. The molecule has 0 atom stereocenters. The molecule has 0 saturated heterocycles. The van der Waals surface area contributed by atoms with Crippen molar-refractivity contribution in [3.8, 4) is 11.5 Å². The van der Waals surface area contributed by atoms with Crippen molar-refractivity contribution >= 4 is 19.7 Å². The summed E-state index contributed by atoms with van der Waals surface area (Å²) in [6.45, 7) is 2.95. The van der Waals surface area contributed by atoms with Gasteiger partial charge in [0.05, 0.1) is 5.75 Å². The lowest BCUT2D eigenvalue weighted by Gasteiger charge is -2.20. The minimum absolute atomic E-state index is 0.186. The van der Waals surface area contributed by atoms with Crippen molar-refractivity contribution in [3.63, 3.8) is 0 Å². The highest BCUT2D eigenvalue weighted by Crippen LogP contribution is 2.34. The molecule has 0 aromatic heterocycles. The monoisotopic (exact) mass is 276 g/mol. The molecule has 0 amide bonds. The number of hydrogen-bond donors (Lipinski definition) is 0. The van der Waals surface area contributed by atoms with Gasteiger partial charge in [0.1, 0.15) is 13.2 Å². The molecular weight excluding hydrogens is 264 g/mol. The maximum Gasteiger partial charge on any atom is 0.236 e. The maximum absolute atomic E-state index is 11.1. The number of aryl methyl sites for hydroxylation is 1. The molecule has 0 fully saturated rings. The Hall–Kier alpha value is -0.940. The Labute approximate surface area is 105 Å². The zero-order chi connectivity index (χ0) is 12.5. The fourth-order valence-corrected chi connectivity index (χ4v) is 2.82. The van der Waals surface area contributed by atoms with Crippen LogP contribution in [0.3, 0.4) is 0 Å². The van der Waals surface area contributed by atoms with Gasteiger partial charge in [-0.25, -0.2) is 8.42 Å². The van der Waals surface area contributed by atoms with Gasteiger partial charge in [-0.3, -0.25) is 0 Å². The maximum atomic E-state index is 11.1. The zero-order valence-electron chi connectivity index (χ0n) is 9.40. The predicted octanol–water partition coefficient (Wildman–Crippen LogP) is 2.09. The van der Waals surface area contributed by atoms with E-state index in [-0.39, 0.29) is 5.75 Å². The van der Waals surface area contributed by atoms with Crippen molar-refractivity contribution < 1.29 is 17.9 Å². The molecule has 0 bridgehead atoms. The molecule has 0 unspecified atom stereocenters. The molecule has 1 aromatic carbocycles. The molecule has 0 saturated carbocycles. The van der Waals surface area contributed by atoms with Crippen LogP contribution in [-0.4, -0.2) is 21.6 Å². The van der Waals surface area contributed by atoms with Gasteiger partial charge in [0, 0.05) is 10.7 Å². The summed E-state index contributed by atoms with van der Waals surface area (Å²) in [7, 11) is 1.72. The van der Waals surface area contributed by atoms with E-state index in [1.165, 1.54) is 0 Å². The molecule has 17 heavy (non-hydrogen) atoms. The van der Waals surface area contributed by atoms with E-state index in [1.54, 1.807) is 6.07 Å². The van der Waals surface area contributed by atoms with Crippen LogP contribution in [0.2, 0.25) is 0 Å². The van der Waals surface area contributed by atoms with Gasteiger partial charge in [-0.2, -0.15) is 0 Å². The van der Waals surface area contributed by atoms with E-state index >= 15 is 0 Å². The van der Waals surface area contributed by atoms with E-state index in [2.05, 4.69) is 0 Å². The van der Waals surface area contributed by atoms with E-state index < -0.39 is 9.05 Å². The Kier molecular flexibility index (Phi) is 3.49. The molecule has 0 aliphatic carbocycles. The van der Waals surface area contributed by atoms with Crippen molar-refractivity contribution in [2.75, 3.05) is 13.2 Å². The van der Waals surface area contributed by atoms with Crippen LogP contribution in [0.4, 0.5) is 0 Å². The second kappa shape index (κ2) is 4.74. The van der Waals surface area contributed by atoms with Crippen LogP contribution >= 0.6 is 10.7 Å². The first-order valence-corrected chi connectivity index (χ1v) is 7.81. The summed E-state index contributed by atoms with van der Waals surface area (Å²) in [6, 6.07) is 3.53. The minimum atomic E-state index is -3.56. The van der Waals surface area contributed by atoms with Gasteiger partial charge >= 0.3 is 0 Å². The summed E-state index contributed by atoms with van der Waals surface area (Å²) in [6.07, 6.45) is 0.721. The van der Waals surface area contributed by atoms with Crippen molar-refractivity contribution in [2.45, 2.75) is 19.1 Å². The number of benzene rings is 1. The fourth-order valence-electron chi connectivity index (χ4n) is 1.82. The highest BCUT2D eigenvalue weighted by atomic mass is 35.7. The Balaban J connectivity index is 2.43. The molecule has 1 aliphatic rings. The Morgan fingerprint density at radius 1 is 1.18 bits per heavy atom. The van der Waals surface area contributed by atoms with Crippen molar-refractivity contribution in [1.82, 2.24) is 0 Å². The first kappa shape index (κ1) is 12.5. The van der Waals surface area contributed by atoms with E-state index in [0.717, 1.165) is 12.0 Å². The Morgan fingerprint density at radius 2 is 1.71 bits per heavy atom. The van der Waals surface area contributed by atoms with Gasteiger partial charge in [0.15, 0.2) is 11.5 Å². The molecule has 0 N–H and O–H groups in total. The van der Waals surface area contributed by atoms with Crippen LogP contribution < -0.4 is 9.47 Å². The first-order chi connectivity index (χ1) is 7.99. The Bertz CT molecular complexity index is 525. The Morgan fingerprint density at radius 3 is 2.18 bits per heavy atom. The summed E-state index contributed by atoms with van der Waals surface area (Å²) in [5.41, 5.74) is 1.59. The van der Waals surface area contributed by atoms with Gasteiger partial charge < -0.3 is 9.47 Å². The molecule has 2 rings (SSSR count). The first-order valence-electron chi connectivity index (χ1n) is 5.33. The minimum Gasteiger partial charge on any atom is -0.486 e. The lowest BCUT2D eigenvalue weighted by Crippen LogP contribution is -2.16. The normalized spacial score (nSPS) is 14.7. The van der Waals surface area contributed by atoms with E-state index in [0.29, 0.717) is 30.3 Å². The third kappa shape index (κ3) is 3.04. The van der Waals surface area contributed by atoms with Crippen LogP contribution in [0.5, 0.6) is 11.5 Å². The molecule has 4 nitrogen and oxygen atoms in total. The lowest BCUT2D eigenvalue weighted by atomic mass is 10.1. The highest BCUT2D eigenvalue weighted by Gasteiger charge is 2.18. The van der Waals surface area contributed by atoms with Gasteiger partial charge in [-0.05, 0) is 29.7 Å². The summed E-state index contributed by atoms with van der Waals surface area (Å²) in [5, 5.41) is 0. The predicted molar refractivity (Wildman–Crippen MR) is 65.3 cm³/mol. The summed E-state index contributed by atoms with van der Waals surface area (Å²) in [5.74, 6) is 1.07. The molecule has 6 heteroatoms. The number of halogens is 1. The van der Waals surface area contributed by atoms with Crippen LogP contribution in [0, 0.1) is 0 Å². The number of fused-ring (bicyclic) bond motifs is 1. The highest BCUT2D eigenvalue weighted by molar-refractivity contribution is 8.13. The number of ether oxygens (including phenoxy) is 2. The smallest absolute Gasteiger partial charge is 0.236 e. The third-order valence-corrected chi connectivity index (χ3v) is 3.56. The van der Waals surface area contributed by atoms with Crippen LogP contribution in [0.25, 0.3) is 0 Å². The number of rotatable bonds is 3. The molecular formula is C11H13ClO4S. The molecule has 94 valence electrons. The second-order valence-corrected chi connectivity index (χ2v) is 6.58. The third-order valence-electron chi connectivity index (χ3n) is 2.57. The van der Waals surface area contributed by atoms with E-state index in [1.807, 2.05) is 13.0 Å². The van der Waals surface area contributed by atoms with E-state index in [9.17, 15) is 8.42 Å². The fraction of sp³-hybridized carbons (Fsp3) is 0.455. The number of hydrogen-bond acceptors (Lipinski definition) is 4. The van der Waals surface area contributed by atoms with Gasteiger partial charge in [0.2, 0.25) is 9.05 Å². The quantitative estimate of drug-likeness (QED) is 0.793. The molecule has 1 heterocycles. The standard InChI is InChI=1S/C11H13ClO4S/c1-2-8-5-10-11(16-4-3-15-10)6-9(8)7-17(12,13)14/h5-6H,2-4,7H2,1H3. The second-order valence-electron chi connectivity index (χ2n) is 3.80.